The minimum absolute atomic E-state index is 0.000876. The van der Waals surface area contributed by atoms with E-state index in [0.717, 1.165) is 24.8 Å². The number of carbonyl (C=O) groups excluding carboxylic acids is 1. The van der Waals surface area contributed by atoms with E-state index in [1.165, 1.54) is 4.31 Å². The van der Waals surface area contributed by atoms with Crippen LogP contribution in [0, 0.1) is 0 Å². The van der Waals surface area contributed by atoms with Crippen LogP contribution in [-0.2, 0) is 25.0 Å². The summed E-state index contributed by atoms with van der Waals surface area (Å²) < 4.78 is 32.5. The second kappa shape index (κ2) is 7.87. The van der Waals surface area contributed by atoms with Crippen molar-refractivity contribution in [2.24, 2.45) is 0 Å². The molecule has 0 bridgehead atoms. The smallest absolute Gasteiger partial charge is 0.324 e. The van der Waals surface area contributed by atoms with Gasteiger partial charge in [-0.25, -0.2) is 8.42 Å². The molecular weight excluding hydrogens is 338 g/mol. The number of ether oxygens (including phenoxy) is 1. The molecule has 0 radical (unpaired) electrons. The van der Waals surface area contributed by atoms with Crippen LogP contribution in [0.3, 0.4) is 0 Å². The first-order valence-electron chi connectivity index (χ1n) is 9.03. The lowest BCUT2D eigenvalue weighted by Gasteiger charge is -2.33. The summed E-state index contributed by atoms with van der Waals surface area (Å²) >= 11 is 0. The molecular formula is C19H29NO4S. The number of nitrogens with zero attached hydrogens (tertiary/aromatic N) is 1. The van der Waals surface area contributed by atoms with Gasteiger partial charge in [0, 0.05) is 6.54 Å². The Morgan fingerprint density at radius 1 is 1.20 bits per heavy atom. The van der Waals surface area contributed by atoms with Gasteiger partial charge in [0.15, 0.2) is 0 Å². The fraction of sp³-hybridized carbons (Fsp3) is 0.632. The number of piperidine rings is 1. The quantitative estimate of drug-likeness (QED) is 0.722. The van der Waals surface area contributed by atoms with Crippen LogP contribution in [0.4, 0.5) is 0 Å². The lowest BCUT2D eigenvalue weighted by Crippen LogP contribution is -2.48. The highest BCUT2D eigenvalue weighted by molar-refractivity contribution is 7.89. The molecule has 1 aliphatic rings. The zero-order chi connectivity index (χ0) is 18.7. The van der Waals surface area contributed by atoms with Gasteiger partial charge in [0.25, 0.3) is 0 Å². The van der Waals surface area contributed by atoms with Crippen LogP contribution in [0.15, 0.2) is 29.2 Å². The van der Waals surface area contributed by atoms with Gasteiger partial charge >= 0.3 is 5.97 Å². The van der Waals surface area contributed by atoms with E-state index in [4.69, 9.17) is 4.74 Å². The summed E-state index contributed by atoms with van der Waals surface area (Å²) in [6, 6.07) is 6.34. The van der Waals surface area contributed by atoms with E-state index in [1.54, 1.807) is 19.1 Å². The van der Waals surface area contributed by atoms with E-state index in [-0.39, 0.29) is 16.9 Å². The maximum atomic E-state index is 13.1. The number of hydrogen-bond acceptors (Lipinski definition) is 4. The molecule has 6 heteroatoms. The third-order valence-electron chi connectivity index (χ3n) is 5.14. The molecule has 1 saturated heterocycles. The van der Waals surface area contributed by atoms with E-state index in [0.29, 0.717) is 13.0 Å². The summed E-state index contributed by atoms with van der Waals surface area (Å²) in [4.78, 5) is 12.4. The third kappa shape index (κ3) is 4.23. The van der Waals surface area contributed by atoms with Crippen LogP contribution >= 0.6 is 0 Å². The van der Waals surface area contributed by atoms with E-state index in [9.17, 15) is 13.2 Å². The molecule has 1 aromatic carbocycles. The first kappa shape index (κ1) is 19.9. The standard InChI is InChI=1S/C19H29NO4S/c1-5-19(3,4)15-10-12-16(13-11-15)25(22,23)20-14-8-7-9-17(20)18(21)24-6-2/h10-13,17H,5-9,14H2,1-4H3. The molecule has 140 valence electrons. The second-order valence-corrected chi connectivity index (χ2v) is 9.03. The Kier molecular flexibility index (Phi) is 6.27. The Hall–Kier alpha value is -1.40. The first-order chi connectivity index (χ1) is 11.7. The van der Waals surface area contributed by atoms with Crippen molar-refractivity contribution in [1.82, 2.24) is 4.31 Å². The predicted molar refractivity (Wildman–Crippen MR) is 97.9 cm³/mol. The van der Waals surface area contributed by atoms with E-state index < -0.39 is 22.0 Å². The van der Waals surface area contributed by atoms with Crippen LogP contribution in [0.5, 0.6) is 0 Å². The molecule has 0 N–H and O–H groups in total. The zero-order valence-corrected chi connectivity index (χ0v) is 16.4. The predicted octanol–water partition coefficient (Wildman–Crippen LogP) is 3.48. The van der Waals surface area contributed by atoms with Crippen molar-refractivity contribution in [2.45, 2.75) is 69.7 Å². The topological polar surface area (TPSA) is 63.7 Å². The largest absolute Gasteiger partial charge is 0.465 e. The minimum atomic E-state index is -3.71. The van der Waals surface area contributed by atoms with Crippen molar-refractivity contribution in [2.75, 3.05) is 13.2 Å². The molecule has 1 fully saturated rings. The molecule has 0 saturated carbocycles. The van der Waals surface area contributed by atoms with E-state index >= 15 is 0 Å². The van der Waals surface area contributed by atoms with Gasteiger partial charge in [-0.1, -0.05) is 32.9 Å². The van der Waals surface area contributed by atoms with Crippen LogP contribution < -0.4 is 0 Å². The summed E-state index contributed by atoms with van der Waals surface area (Å²) in [6.07, 6.45) is 3.07. The van der Waals surface area contributed by atoms with Crippen molar-refractivity contribution < 1.29 is 17.9 Å². The van der Waals surface area contributed by atoms with Crippen molar-refractivity contribution >= 4 is 16.0 Å². The van der Waals surface area contributed by atoms with Crippen LogP contribution in [0.25, 0.3) is 0 Å². The number of esters is 1. The van der Waals surface area contributed by atoms with Gasteiger partial charge in [-0.05, 0) is 55.7 Å². The molecule has 25 heavy (non-hydrogen) atoms. The summed E-state index contributed by atoms with van der Waals surface area (Å²) in [6.45, 7) is 8.73. The molecule has 0 amide bonds. The highest BCUT2D eigenvalue weighted by Gasteiger charge is 2.38. The Bertz CT molecular complexity index is 695. The Morgan fingerprint density at radius 3 is 2.40 bits per heavy atom. The average molecular weight is 368 g/mol. The Labute approximate surface area is 151 Å². The summed E-state index contributed by atoms with van der Waals surface area (Å²) in [7, 11) is -3.71. The molecule has 0 aliphatic carbocycles. The van der Waals surface area contributed by atoms with Gasteiger partial charge in [0.05, 0.1) is 11.5 Å². The van der Waals surface area contributed by atoms with Gasteiger partial charge in [-0.2, -0.15) is 4.31 Å². The fourth-order valence-electron chi connectivity index (χ4n) is 3.08. The second-order valence-electron chi connectivity index (χ2n) is 7.14. The van der Waals surface area contributed by atoms with Gasteiger partial charge in [-0.15, -0.1) is 0 Å². The van der Waals surface area contributed by atoms with E-state index in [2.05, 4.69) is 20.8 Å². The molecule has 2 rings (SSSR count). The average Bonchev–Trinajstić information content (AvgIpc) is 2.62. The summed E-state index contributed by atoms with van der Waals surface area (Å²) in [5.74, 6) is -0.450. The Balaban J connectivity index is 2.31. The van der Waals surface area contributed by atoms with E-state index in [1.807, 2.05) is 12.1 Å². The highest BCUT2D eigenvalue weighted by atomic mass is 32.2. The maximum absolute atomic E-state index is 13.1. The van der Waals surface area contributed by atoms with Crippen molar-refractivity contribution in [3.8, 4) is 0 Å². The van der Waals surface area contributed by atoms with Gasteiger partial charge < -0.3 is 4.74 Å². The molecule has 1 unspecified atom stereocenters. The number of sulfonamides is 1. The number of hydrogen-bond donors (Lipinski definition) is 0. The zero-order valence-electron chi connectivity index (χ0n) is 15.6. The lowest BCUT2D eigenvalue weighted by molar-refractivity contribution is -0.148. The molecule has 1 heterocycles. The van der Waals surface area contributed by atoms with Crippen molar-refractivity contribution in [3.63, 3.8) is 0 Å². The summed E-state index contributed by atoms with van der Waals surface area (Å²) in [5.41, 5.74) is 1.11. The lowest BCUT2D eigenvalue weighted by atomic mass is 9.82. The van der Waals surface area contributed by atoms with Crippen LogP contribution in [0.2, 0.25) is 0 Å². The number of rotatable bonds is 6. The minimum Gasteiger partial charge on any atom is -0.465 e. The maximum Gasteiger partial charge on any atom is 0.324 e. The molecule has 5 nitrogen and oxygen atoms in total. The van der Waals surface area contributed by atoms with Gasteiger partial charge in [0.2, 0.25) is 10.0 Å². The number of benzene rings is 1. The Morgan fingerprint density at radius 2 is 1.84 bits per heavy atom. The highest BCUT2D eigenvalue weighted by Crippen LogP contribution is 2.30. The van der Waals surface area contributed by atoms with Crippen LogP contribution in [-0.4, -0.2) is 37.9 Å². The monoisotopic (exact) mass is 367 g/mol. The van der Waals surface area contributed by atoms with Gasteiger partial charge in [0.1, 0.15) is 6.04 Å². The normalized spacial score (nSPS) is 19.6. The SMILES string of the molecule is CCOC(=O)C1CCCCN1S(=O)(=O)c1ccc(C(C)(C)CC)cc1. The summed E-state index contributed by atoms with van der Waals surface area (Å²) in [5, 5.41) is 0. The van der Waals surface area contributed by atoms with Gasteiger partial charge in [-0.3, -0.25) is 4.79 Å². The van der Waals surface area contributed by atoms with Crippen molar-refractivity contribution in [3.05, 3.63) is 29.8 Å². The molecule has 1 aromatic rings. The molecule has 1 aliphatic heterocycles. The molecule has 0 spiro atoms. The van der Waals surface area contributed by atoms with Crippen molar-refractivity contribution in [1.29, 1.82) is 0 Å². The first-order valence-corrected chi connectivity index (χ1v) is 10.5. The third-order valence-corrected chi connectivity index (χ3v) is 7.06. The fourth-order valence-corrected chi connectivity index (χ4v) is 4.73. The molecule has 1 atom stereocenters. The molecule has 0 aromatic heterocycles. The van der Waals surface area contributed by atoms with Crippen LogP contribution in [0.1, 0.15) is 58.9 Å². The number of carbonyl (C=O) groups is 1.